The standard InChI is InChI=1S/C39H50N8O4/c1-24(2)20-40-23-34(48)46-18-6-8-32(46)36-41-21-30(43-36)28-14-10-26(11-15-28)27-12-16-29(17-13-27)31-22-42-37(44-31)33-9-7-19-47(33)38(49)35(25(3)4)45-39(50)51-5/h10-17,21-22,24-25,32-33,35,40H,6-9,18-20,23H2,1-5H3,(H,41,43)(H,42,44)(H,45,50)/t32?,33-,35-/m0/s1. The number of hydrogen-bond acceptors (Lipinski definition) is 7. The lowest BCUT2D eigenvalue weighted by molar-refractivity contribution is -0.135. The third-order valence-corrected chi connectivity index (χ3v) is 9.88. The Bertz CT molecular complexity index is 1800. The second-order valence-electron chi connectivity index (χ2n) is 14.3. The van der Waals surface area contributed by atoms with Gasteiger partial charge >= 0.3 is 6.09 Å². The molecule has 6 rings (SSSR count). The number of aromatic nitrogens is 4. The van der Waals surface area contributed by atoms with E-state index >= 15 is 0 Å². The molecule has 0 aliphatic carbocycles. The first kappa shape index (κ1) is 35.8. The number of nitrogens with zero attached hydrogens (tertiary/aromatic N) is 4. The fourth-order valence-electron chi connectivity index (χ4n) is 7.10. The summed E-state index contributed by atoms with van der Waals surface area (Å²) in [5, 5.41) is 5.97. The van der Waals surface area contributed by atoms with Crippen LogP contribution in [0.1, 0.15) is 77.1 Å². The van der Waals surface area contributed by atoms with Gasteiger partial charge in [-0.15, -0.1) is 0 Å². The van der Waals surface area contributed by atoms with Crippen LogP contribution in [0, 0.1) is 11.8 Å². The molecule has 0 bridgehead atoms. The topological polar surface area (TPSA) is 148 Å². The number of amides is 3. The highest BCUT2D eigenvalue weighted by Crippen LogP contribution is 2.34. The van der Waals surface area contributed by atoms with Crippen LogP contribution in [0.5, 0.6) is 0 Å². The molecule has 4 aromatic rings. The normalized spacial score (nSPS) is 18.1. The van der Waals surface area contributed by atoms with Gasteiger partial charge in [0.2, 0.25) is 11.8 Å². The van der Waals surface area contributed by atoms with E-state index in [4.69, 9.17) is 4.74 Å². The molecule has 0 radical (unpaired) electrons. The summed E-state index contributed by atoms with van der Waals surface area (Å²) in [4.78, 5) is 58.4. The fraction of sp³-hybridized carbons (Fsp3) is 0.462. The molecular formula is C39H50N8O4. The molecule has 2 fully saturated rings. The van der Waals surface area contributed by atoms with Crippen molar-refractivity contribution in [1.82, 2.24) is 40.4 Å². The molecule has 2 aromatic carbocycles. The number of rotatable bonds is 12. The van der Waals surface area contributed by atoms with Crippen LogP contribution in [0.15, 0.2) is 60.9 Å². The lowest BCUT2D eigenvalue weighted by Crippen LogP contribution is -2.51. The molecule has 2 aliphatic rings. The van der Waals surface area contributed by atoms with Crippen molar-refractivity contribution in [3.63, 3.8) is 0 Å². The highest BCUT2D eigenvalue weighted by atomic mass is 16.5. The molecular weight excluding hydrogens is 644 g/mol. The largest absolute Gasteiger partial charge is 0.453 e. The zero-order valence-corrected chi connectivity index (χ0v) is 30.2. The lowest BCUT2D eigenvalue weighted by Gasteiger charge is -2.30. The summed E-state index contributed by atoms with van der Waals surface area (Å²) in [6.07, 6.45) is 6.60. The second kappa shape index (κ2) is 15.9. The van der Waals surface area contributed by atoms with E-state index in [1.165, 1.54) is 7.11 Å². The van der Waals surface area contributed by atoms with Crippen LogP contribution in [-0.4, -0.2) is 87.0 Å². The molecule has 0 spiro atoms. The molecule has 0 saturated carbocycles. The van der Waals surface area contributed by atoms with Gasteiger partial charge in [-0.3, -0.25) is 9.59 Å². The van der Waals surface area contributed by atoms with Gasteiger partial charge in [0.05, 0.1) is 49.5 Å². The van der Waals surface area contributed by atoms with Gasteiger partial charge in [0.25, 0.3) is 0 Å². The molecule has 12 nitrogen and oxygen atoms in total. The number of hydrogen-bond donors (Lipinski definition) is 4. The SMILES string of the molecule is COC(=O)N[C@H](C(=O)N1CCC[C@H]1c1ncc(-c2ccc(-c3ccc(-c4cnc(C5CCCN5C(=O)CNCC(C)C)[nH]4)cc3)cc2)[nH]1)C(C)C. The Morgan fingerprint density at radius 2 is 1.27 bits per heavy atom. The van der Waals surface area contributed by atoms with Gasteiger partial charge in [-0.1, -0.05) is 76.2 Å². The first-order valence-electron chi connectivity index (χ1n) is 18.1. The molecule has 2 aliphatic heterocycles. The molecule has 4 heterocycles. The van der Waals surface area contributed by atoms with Crippen molar-refractivity contribution in [2.24, 2.45) is 11.8 Å². The van der Waals surface area contributed by atoms with Gasteiger partial charge in [0.15, 0.2) is 0 Å². The van der Waals surface area contributed by atoms with E-state index in [1.807, 2.05) is 36.0 Å². The maximum Gasteiger partial charge on any atom is 0.407 e. The average molecular weight is 695 g/mol. The maximum absolute atomic E-state index is 13.5. The van der Waals surface area contributed by atoms with Crippen molar-refractivity contribution in [2.75, 3.05) is 33.3 Å². The number of aromatic amines is 2. The van der Waals surface area contributed by atoms with E-state index in [0.717, 1.165) is 84.1 Å². The minimum atomic E-state index is -0.673. The van der Waals surface area contributed by atoms with Gasteiger partial charge in [-0.25, -0.2) is 14.8 Å². The van der Waals surface area contributed by atoms with Crippen molar-refractivity contribution in [3.8, 4) is 33.6 Å². The number of alkyl carbamates (subject to hydrolysis) is 1. The molecule has 3 atom stereocenters. The molecule has 4 N–H and O–H groups in total. The predicted octanol–water partition coefficient (Wildman–Crippen LogP) is 6.09. The van der Waals surface area contributed by atoms with E-state index in [0.29, 0.717) is 19.0 Å². The second-order valence-corrected chi connectivity index (χ2v) is 14.3. The lowest BCUT2D eigenvalue weighted by atomic mass is 10.0. The van der Waals surface area contributed by atoms with E-state index in [9.17, 15) is 14.4 Å². The summed E-state index contributed by atoms with van der Waals surface area (Å²) in [5.74, 6) is 1.98. The van der Waals surface area contributed by atoms with Gasteiger partial charge < -0.3 is 35.1 Å². The van der Waals surface area contributed by atoms with Gasteiger partial charge in [0, 0.05) is 13.1 Å². The minimum absolute atomic E-state index is 0.0250. The molecule has 2 saturated heterocycles. The average Bonchev–Trinajstić information content (AvgIpc) is 3.96. The molecule has 1 unspecified atom stereocenters. The third-order valence-electron chi connectivity index (χ3n) is 9.88. The molecule has 12 heteroatoms. The molecule has 270 valence electrons. The monoisotopic (exact) mass is 694 g/mol. The first-order chi connectivity index (χ1) is 24.6. The maximum atomic E-state index is 13.5. The fourth-order valence-corrected chi connectivity index (χ4v) is 7.10. The Kier molecular flexibility index (Phi) is 11.2. The van der Waals surface area contributed by atoms with Crippen LogP contribution in [-0.2, 0) is 14.3 Å². The van der Waals surface area contributed by atoms with Crippen LogP contribution in [0.4, 0.5) is 4.79 Å². The highest BCUT2D eigenvalue weighted by Gasteiger charge is 2.37. The predicted molar refractivity (Wildman–Crippen MR) is 196 cm³/mol. The van der Waals surface area contributed by atoms with Crippen molar-refractivity contribution >= 4 is 17.9 Å². The number of likely N-dealkylation sites (tertiary alicyclic amines) is 2. The number of imidazole rings is 2. The summed E-state index contributed by atoms with van der Waals surface area (Å²) in [6, 6.07) is 15.8. The Morgan fingerprint density at radius 3 is 1.76 bits per heavy atom. The van der Waals surface area contributed by atoms with Crippen LogP contribution < -0.4 is 10.6 Å². The van der Waals surface area contributed by atoms with Gasteiger partial charge in [-0.2, -0.15) is 0 Å². The summed E-state index contributed by atoms with van der Waals surface area (Å²) >= 11 is 0. The molecule has 3 amide bonds. The van der Waals surface area contributed by atoms with Crippen LogP contribution in [0.2, 0.25) is 0 Å². The Labute approximate surface area is 299 Å². The molecule has 2 aromatic heterocycles. The quantitative estimate of drug-likeness (QED) is 0.140. The van der Waals surface area contributed by atoms with Crippen molar-refractivity contribution in [1.29, 1.82) is 0 Å². The number of benzene rings is 2. The van der Waals surface area contributed by atoms with E-state index in [2.05, 4.69) is 92.9 Å². The van der Waals surface area contributed by atoms with Crippen molar-refractivity contribution in [2.45, 2.75) is 71.5 Å². The summed E-state index contributed by atoms with van der Waals surface area (Å²) in [5.41, 5.74) is 6.03. The van der Waals surface area contributed by atoms with Crippen molar-refractivity contribution in [3.05, 3.63) is 72.6 Å². The van der Waals surface area contributed by atoms with Crippen LogP contribution in [0.3, 0.4) is 0 Å². The number of nitrogens with one attached hydrogen (secondary N) is 4. The smallest absolute Gasteiger partial charge is 0.407 e. The van der Waals surface area contributed by atoms with Gasteiger partial charge in [0.1, 0.15) is 17.7 Å². The summed E-state index contributed by atoms with van der Waals surface area (Å²) < 4.78 is 4.75. The Morgan fingerprint density at radius 1 is 0.784 bits per heavy atom. The number of H-pyrrole nitrogens is 2. The highest BCUT2D eigenvalue weighted by molar-refractivity contribution is 5.86. The number of ether oxygens (including phenoxy) is 1. The van der Waals surface area contributed by atoms with E-state index in [-0.39, 0.29) is 29.8 Å². The number of carbonyl (C=O) groups excluding carboxylic acids is 3. The Hall–Kier alpha value is -4.97. The minimum Gasteiger partial charge on any atom is -0.453 e. The van der Waals surface area contributed by atoms with Crippen LogP contribution >= 0.6 is 0 Å². The van der Waals surface area contributed by atoms with E-state index < -0.39 is 12.1 Å². The van der Waals surface area contributed by atoms with Crippen LogP contribution in [0.25, 0.3) is 33.6 Å². The molecule has 51 heavy (non-hydrogen) atoms. The zero-order valence-electron chi connectivity index (χ0n) is 30.2. The number of methoxy groups -OCH3 is 1. The number of carbonyl (C=O) groups is 3. The summed E-state index contributed by atoms with van der Waals surface area (Å²) in [7, 11) is 1.30. The summed E-state index contributed by atoms with van der Waals surface area (Å²) in [6.45, 7) is 10.6. The van der Waals surface area contributed by atoms with Crippen molar-refractivity contribution < 1.29 is 19.1 Å². The first-order valence-corrected chi connectivity index (χ1v) is 18.1. The zero-order chi connectivity index (χ0) is 36.1. The van der Waals surface area contributed by atoms with E-state index in [1.54, 1.807) is 0 Å². The van der Waals surface area contributed by atoms with Gasteiger partial charge in [-0.05, 0) is 66.3 Å². The third kappa shape index (κ3) is 8.17. The Balaban J connectivity index is 1.09.